The van der Waals surface area contributed by atoms with Gasteiger partial charge in [0.2, 0.25) is 0 Å². The van der Waals surface area contributed by atoms with Crippen LogP contribution in [0.15, 0.2) is 10.7 Å². The monoisotopic (exact) mass is 532 g/mol. The molecule has 0 amide bonds. The van der Waals surface area contributed by atoms with Crippen molar-refractivity contribution in [1.82, 2.24) is 19.9 Å². The Kier molecular flexibility index (Phi) is 15.9. The SMILES string of the molecule is CC.CC(C)c1nc[nH]c1C(C)C.Cc1nc(C(C)C)c(C(C)C)o1.Cc1nc(C(C)C)c(C(C)C)s1. The summed E-state index contributed by atoms with van der Waals surface area (Å²) >= 11 is 1.84. The fourth-order valence-electron chi connectivity index (χ4n) is 3.81. The van der Waals surface area contributed by atoms with Crippen LogP contribution in [0, 0.1) is 13.8 Å². The van der Waals surface area contributed by atoms with Gasteiger partial charge in [-0.15, -0.1) is 11.3 Å². The van der Waals surface area contributed by atoms with E-state index >= 15 is 0 Å². The minimum Gasteiger partial charge on any atom is -0.445 e. The van der Waals surface area contributed by atoms with Crippen LogP contribution in [0.2, 0.25) is 0 Å². The smallest absolute Gasteiger partial charge is 0.191 e. The molecule has 0 unspecified atom stereocenters. The Labute approximate surface area is 232 Å². The van der Waals surface area contributed by atoms with Gasteiger partial charge in [-0.2, -0.15) is 0 Å². The lowest BCUT2D eigenvalue weighted by Crippen LogP contribution is -1.96. The average molecular weight is 533 g/mol. The molecule has 0 aliphatic heterocycles. The number of aryl methyl sites for hydroxylation is 2. The maximum Gasteiger partial charge on any atom is 0.191 e. The lowest BCUT2D eigenvalue weighted by molar-refractivity contribution is 0.453. The van der Waals surface area contributed by atoms with Crippen molar-refractivity contribution in [3.63, 3.8) is 0 Å². The summed E-state index contributed by atoms with van der Waals surface area (Å²) in [6, 6.07) is 0. The van der Waals surface area contributed by atoms with Crippen LogP contribution in [0.1, 0.15) is 177 Å². The van der Waals surface area contributed by atoms with Gasteiger partial charge < -0.3 is 9.40 Å². The maximum atomic E-state index is 5.53. The van der Waals surface area contributed by atoms with Gasteiger partial charge in [0, 0.05) is 23.4 Å². The molecule has 0 radical (unpaired) electrons. The number of rotatable bonds is 6. The number of H-pyrrole nitrogens is 1. The summed E-state index contributed by atoms with van der Waals surface area (Å²) in [7, 11) is 0. The highest BCUT2D eigenvalue weighted by molar-refractivity contribution is 7.11. The van der Waals surface area contributed by atoms with E-state index in [1.165, 1.54) is 27.0 Å². The van der Waals surface area contributed by atoms with Gasteiger partial charge >= 0.3 is 0 Å². The number of hydrogen-bond acceptors (Lipinski definition) is 5. The quantitative estimate of drug-likeness (QED) is 0.343. The summed E-state index contributed by atoms with van der Waals surface area (Å²) in [6.07, 6.45) is 1.78. The molecule has 0 aliphatic carbocycles. The van der Waals surface area contributed by atoms with E-state index in [9.17, 15) is 0 Å². The molecule has 3 aromatic heterocycles. The van der Waals surface area contributed by atoms with Crippen molar-refractivity contribution >= 4 is 11.3 Å². The molecule has 3 rings (SSSR count). The highest BCUT2D eigenvalue weighted by atomic mass is 32.1. The van der Waals surface area contributed by atoms with Crippen LogP contribution in [0.4, 0.5) is 0 Å². The summed E-state index contributed by atoms with van der Waals surface area (Å²) < 4.78 is 5.53. The van der Waals surface area contributed by atoms with Crippen molar-refractivity contribution in [2.45, 2.75) is 146 Å². The van der Waals surface area contributed by atoms with Gasteiger partial charge in [0.15, 0.2) is 5.89 Å². The molecule has 3 heterocycles. The number of imidazole rings is 1. The number of aromatic amines is 1. The van der Waals surface area contributed by atoms with E-state index in [0.29, 0.717) is 35.5 Å². The molecular weight excluding hydrogens is 476 g/mol. The van der Waals surface area contributed by atoms with Gasteiger partial charge in [-0.1, -0.05) is 96.9 Å². The Morgan fingerprint density at radius 1 is 0.649 bits per heavy atom. The number of nitrogens with zero attached hydrogens (tertiary/aromatic N) is 3. The Morgan fingerprint density at radius 2 is 1.16 bits per heavy atom. The summed E-state index contributed by atoms with van der Waals surface area (Å²) in [5.74, 6) is 4.97. The van der Waals surface area contributed by atoms with E-state index in [-0.39, 0.29) is 0 Å². The van der Waals surface area contributed by atoms with Gasteiger partial charge in [0.25, 0.3) is 0 Å². The molecule has 0 fully saturated rings. The number of nitrogens with one attached hydrogen (secondary N) is 1. The number of oxazole rings is 1. The third-order valence-electron chi connectivity index (χ3n) is 5.54. The Bertz CT molecular complexity index is 877. The first kappa shape index (κ1) is 35.0. The minimum absolute atomic E-state index is 0.434. The Hall–Kier alpha value is -1.95. The minimum atomic E-state index is 0.434. The second-order valence-corrected chi connectivity index (χ2v) is 12.3. The van der Waals surface area contributed by atoms with Crippen LogP contribution in [0.5, 0.6) is 0 Å². The second kappa shape index (κ2) is 16.8. The van der Waals surface area contributed by atoms with Crippen molar-refractivity contribution in [2.75, 3.05) is 0 Å². The Balaban J connectivity index is 0.000000508. The van der Waals surface area contributed by atoms with E-state index in [4.69, 9.17) is 4.42 Å². The van der Waals surface area contributed by atoms with E-state index in [2.05, 4.69) is 110 Å². The van der Waals surface area contributed by atoms with Crippen molar-refractivity contribution in [3.05, 3.63) is 50.6 Å². The number of aromatic nitrogens is 4. The third kappa shape index (κ3) is 11.1. The standard InChI is InChI=1S/C10H17NO.C10H17NS.C9H16N2.C2H6/c2*1-6(2)9-10(7(3)4)12-8(5)11-9;1-6(2)8-9(7(3)4)11-5-10-8;1-2/h2*6-7H,1-5H3;5-7H,1-4H3,(H,10,11);1-2H3. The first-order chi connectivity index (χ1) is 17.2. The molecule has 37 heavy (non-hydrogen) atoms. The van der Waals surface area contributed by atoms with Crippen molar-refractivity contribution in [3.8, 4) is 0 Å². The lowest BCUT2D eigenvalue weighted by atomic mass is 10.0. The van der Waals surface area contributed by atoms with Crippen LogP contribution in [0.3, 0.4) is 0 Å². The molecule has 3 aromatic rings. The molecule has 0 aliphatic rings. The number of thiazole rings is 1. The fraction of sp³-hybridized carbons (Fsp3) is 0.710. The van der Waals surface area contributed by atoms with Gasteiger partial charge in [-0.25, -0.2) is 15.0 Å². The summed E-state index contributed by atoms with van der Waals surface area (Å²) in [5.41, 5.74) is 4.90. The summed E-state index contributed by atoms with van der Waals surface area (Å²) in [5, 5.41) is 1.20. The third-order valence-corrected chi connectivity index (χ3v) is 6.83. The first-order valence-electron chi connectivity index (χ1n) is 14.1. The lowest BCUT2D eigenvalue weighted by Gasteiger charge is -2.07. The van der Waals surface area contributed by atoms with Gasteiger partial charge in [0.05, 0.1) is 28.4 Å². The van der Waals surface area contributed by atoms with Crippen LogP contribution < -0.4 is 0 Å². The maximum absolute atomic E-state index is 5.53. The van der Waals surface area contributed by atoms with Crippen LogP contribution in [0.25, 0.3) is 0 Å². The molecule has 0 spiro atoms. The predicted octanol–water partition coefficient (Wildman–Crippen LogP) is 10.6. The molecule has 0 bridgehead atoms. The molecular formula is C31H56N4OS. The molecule has 0 atom stereocenters. The molecule has 0 saturated heterocycles. The van der Waals surface area contributed by atoms with E-state index in [0.717, 1.165) is 17.3 Å². The molecule has 5 nitrogen and oxygen atoms in total. The van der Waals surface area contributed by atoms with E-state index in [1.54, 1.807) is 6.33 Å². The zero-order valence-corrected chi connectivity index (χ0v) is 27.5. The molecule has 6 heteroatoms. The first-order valence-corrected chi connectivity index (χ1v) is 15.0. The molecule has 0 saturated carbocycles. The molecule has 1 N–H and O–H groups in total. The highest BCUT2D eigenvalue weighted by Crippen LogP contribution is 2.30. The van der Waals surface area contributed by atoms with Crippen molar-refractivity contribution in [1.29, 1.82) is 0 Å². The topological polar surface area (TPSA) is 67.6 Å². The predicted molar refractivity (Wildman–Crippen MR) is 163 cm³/mol. The molecule has 212 valence electrons. The van der Waals surface area contributed by atoms with Gasteiger partial charge in [0.1, 0.15) is 5.76 Å². The second-order valence-electron chi connectivity index (χ2n) is 11.1. The van der Waals surface area contributed by atoms with Crippen molar-refractivity contribution in [2.24, 2.45) is 0 Å². The van der Waals surface area contributed by atoms with Gasteiger partial charge in [-0.05, 0) is 36.5 Å². The zero-order chi connectivity index (χ0) is 29.0. The number of hydrogen-bond donors (Lipinski definition) is 1. The summed E-state index contributed by atoms with van der Waals surface area (Å²) in [6.45, 7) is 34.1. The molecule has 0 aromatic carbocycles. The van der Waals surface area contributed by atoms with E-state index < -0.39 is 0 Å². The highest BCUT2D eigenvalue weighted by Gasteiger charge is 2.17. The average Bonchev–Trinajstić information content (AvgIpc) is 3.53. The fourth-order valence-corrected chi connectivity index (χ4v) is 4.89. The summed E-state index contributed by atoms with van der Waals surface area (Å²) in [4.78, 5) is 17.8. The van der Waals surface area contributed by atoms with Crippen LogP contribution >= 0.6 is 11.3 Å². The normalized spacial score (nSPS) is 11.1. The van der Waals surface area contributed by atoms with Crippen LogP contribution in [-0.2, 0) is 0 Å². The Morgan fingerprint density at radius 3 is 1.49 bits per heavy atom. The zero-order valence-electron chi connectivity index (χ0n) is 26.7. The van der Waals surface area contributed by atoms with E-state index in [1.807, 2.05) is 32.1 Å². The largest absolute Gasteiger partial charge is 0.445 e. The van der Waals surface area contributed by atoms with Crippen molar-refractivity contribution < 1.29 is 4.42 Å². The van der Waals surface area contributed by atoms with Crippen LogP contribution in [-0.4, -0.2) is 19.9 Å². The van der Waals surface area contributed by atoms with Gasteiger partial charge in [-0.3, -0.25) is 0 Å².